The van der Waals surface area contributed by atoms with Crippen LogP contribution in [0.1, 0.15) is 34.0 Å². The lowest BCUT2D eigenvalue weighted by Gasteiger charge is -2.15. The number of H-pyrrole nitrogens is 1. The predicted octanol–water partition coefficient (Wildman–Crippen LogP) is 1.08. The van der Waals surface area contributed by atoms with E-state index in [1.165, 1.54) is 5.56 Å². The molecule has 0 bridgehead atoms. The zero-order chi connectivity index (χ0) is 13.4. The van der Waals surface area contributed by atoms with E-state index in [0.29, 0.717) is 11.5 Å². The van der Waals surface area contributed by atoms with Gasteiger partial charge in [0.15, 0.2) is 0 Å². The van der Waals surface area contributed by atoms with Crippen LogP contribution < -0.4 is 0 Å². The van der Waals surface area contributed by atoms with Crippen molar-refractivity contribution in [3.8, 4) is 0 Å². The molecule has 1 amide bonds. The third-order valence-corrected chi connectivity index (χ3v) is 3.70. The van der Waals surface area contributed by atoms with Crippen molar-refractivity contribution in [2.75, 3.05) is 13.1 Å². The third-order valence-electron chi connectivity index (χ3n) is 3.70. The molecule has 3 rings (SSSR count). The van der Waals surface area contributed by atoms with Gasteiger partial charge in [-0.15, -0.1) is 0 Å². The molecule has 1 N–H and O–H groups in total. The molecule has 3 heterocycles. The summed E-state index contributed by atoms with van der Waals surface area (Å²) in [5, 5.41) is 11.1. The normalized spacial score (nSPS) is 19.1. The number of aromatic amines is 1. The second-order valence-electron chi connectivity index (χ2n) is 5.11. The van der Waals surface area contributed by atoms with Crippen LogP contribution in [0.25, 0.3) is 0 Å². The molecule has 2 aromatic rings. The molecule has 0 saturated carbocycles. The lowest BCUT2D eigenvalue weighted by molar-refractivity contribution is 0.0790. The maximum Gasteiger partial charge on any atom is 0.257 e. The number of aromatic nitrogens is 4. The number of carbonyl (C=O) groups is 1. The number of nitrogens with one attached hydrogen (secondary N) is 1. The molecule has 0 spiro atoms. The fraction of sp³-hybridized carbons (Fsp3) is 0.462. The molecule has 6 heteroatoms. The number of hydrogen-bond donors (Lipinski definition) is 1. The van der Waals surface area contributed by atoms with Gasteiger partial charge in [0.05, 0.1) is 18.0 Å². The largest absolute Gasteiger partial charge is 0.338 e. The fourth-order valence-electron chi connectivity index (χ4n) is 2.66. The summed E-state index contributed by atoms with van der Waals surface area (Å²) in [7, 11) is 1.82. The molecule has 19 heavy (non-hydrogen) atoms. The van der Waals surface area contributed by atoms with Gasteiger partial charge in [-0.05, 0) is 18.9 Å². The molecule has 6 nitrogen and oxygen atoms in total. The second kappa shape index (κ2) is 4.53. The van der Waals surface area contributed by atoms with Crippen LogP contribution in [0.2, 0.25) is 0 Å². The molecule has 1 fully saturated rings. The maximum absolute atomic E-state index is 12.3. The average molecular weight is 259 g/mol. The molecule has 1 unspecified atom stereocenters. The van der Waals surface area contributed by atoms with Crippen molar-refractivity contribution >= 4 is 5.91 Å². The van der Waals surface area contributed by atoms with Gasteiger partial charge in [-0.25, -0.2) is 0 Å². The summed E-state index contributed by atoms with van der Waals surface area (Å²) in [6.45, 7) is 3.58. The molecule has 0 aromatic carbocycles. The molecule has 1 atom stereocenters. The van der Waals surface area contributed by atoms with E-state index in [1.807, 2.05) is 25.1 Å². The first-order chi connectivity index (χ1) is 9.15. The number of amides is 1. The van der Waals surface area contributed by atoms with Crippen LogP contribution in [0.3, 0.4) is 0 Å². The molecule has 0 aliphatic carbocycles. The van der Waals surface area contributed by atoms with E-state index >= 15 is 0 Å². The fourth-order valence-corrected chi connectivity index (χ4v) is 2.66. The summed E-state index contributed by atoms with van der Waals surface area (Å²) < 4.78 is 1.65. The smallest absolute Gasteiger partial charge is 0.257 e. The van der Waals surface area contributed by atoms with Crippen molar-refractivity contribution in [3.63, 3.8) is 0 Å². The van der Waals surface area contributed by atoms with Gasteiger partial charge in [-0.3, -0.25) is 14.6 Å². The van der Waals surface area contributed by atoms with E-state index in [-0.39, 0.29) is 5.91 Å². The van der Waals surface area contributed by atoms with Crippen molar-refractivity contribution in [2.45, 2.75) is 19.3 Å². The first-order valence-corrected chi connectivity index (χ1v) is 6.43. The number of hydrogen-bond acceptors (Lipinski definition) is 3. The highest BCUT2D eigenvalue weighted by atomic mass is 16.2. The Kier molecular flexibility index (Phi) is 2.85. The van der Waals surface area contributed by atoms with Crippen LogP contribution in [-0.4, -0.2) is 43.9 Å². The third kappa shape index (κ3) is 2.14. The van der Waals surface area contributed by atoms with Gasteiger partial charge in [0.1, 0.15) is 0 Å². The predicted molar refractivity (Wildman–Crippen MR) is 69.8 cm³/mol. The summed E-state index contributed by atoms with van der Waals surface area (Å²) in [6.07, 6.45) is 6.20. The molecule has 100 valence electrons. The minimum atomic E-state index is 0.0627. The van der Waals surface area contributed by atoms with Gasteiger partial charge in [0.2, 0.25) is 0 Å². The second-order valence-corrected chi connectivity index (χ2v) is 5.11. The highest BCUT2D eigenvalue weighted by molar-refractivity contribution is 5.94. The quantitative estimate of drug-likeness (QED) is 0.877. The zero-order valence-corrected chi connectivity index (χ0v) is 11.1. The lowest BCUT2D eigenvalue weighted by atomic mass is 10.0. The summed E-state index contributed by atoms with van der Waals surface area (Å²) >= 11 is 0. The Morgan fingerprint density at radius 1 is 1.47 bits per heavy atom. The first-order valence-electron chi connectivity index (χ1n) is 6.43. The molecular formula is C13H17N5O. The van der Waals surface area contributed by atoms with E-state index in [1.54, 1.807) is 17.1 Å². The average Bonchev–Trinajstić information content (AvgIpc) is 3.08. The van der Waals surface area contributed by atoms with Crippen molar-refractivity contribution in [1.82, 2.24) is 24.9 Å². The van der Waals surface area contributed by atoms with Crippen LogP contribution in [0.4, 0.5) is 0 Å². The number of aryl methyl sites for hydroxylation is 2. The van der Waals surface area contributed by atoms with Crippen LogP contribution in [0.15, 0.2) is 18.6 Å². The summed E-state index contributed by atoms with van der Waals surface area (Å²) in [6, 6.07) is 0. The van der Waals surface area contributed by atoms with Crippen LogP contribution in [0, 0.1) is 6.92 Å². The van der Waals surface area contributed by atoms with Gasteiger partial charge in [0, 0.05) is 37.9 Å². The highest BCUT2D eigenvalue weighted by Gasteiger charge is 2.30. The summed E-state index contributed by atoms with van der Waals surface area (Å²) in [5.74, 6) is 0.427. The number of rotatable bonds is 2. The van der Waals surface area contributed by atoms with E-state index in [0.717, 1.165) is 25.2 Å². The van der Waals surface area contributed by atoms with E-state index in [4.69, 9.17) is 0 Å². The Labute approximate surface area is 111 Å². The molecule has 1 aliphatic heterocycles. The van der Waals surface area contributed by atoms with Crippen LogP contribution in [0.5, 0.6) is 0 Å². The van der Waals surface area contributed by atoms with Crippen molar-refractivity contribution in [1.29, 1.82) is 0 Å². The number of nitrogens with zero attached hydrogens (tertiary/aromatic N) is 4. The molecule has 2 aromatic heterocycles. The Hall–Kier alpha value is -2.11. The monoisotopic (exact) mass is 259 g/mol. The topological polar surface area (TPSA) is 66.8 Å². The number of carbonyl (C=O) groups excluding carboxylic acids is 1. The van der Waals surface area contributed by atoms with Crippen LogP contribution in [-0.2, 0) is 7.05 Å². The summed E-state index contributed by atoms with van der Waals surface area (Å²) in [5.41, 5.74) is 2.98. The van der Waals surface area contributed by atoms with Crippen molar-refractivity contribution in [2.24, 2.45) is 7.05 Å². The molecule has 0 radical (unpaired) electrons. The van der Waals surface area contributed by atoms with Gasteiger partial charge in [0.25, 0.3) is 5.91 Å². The minimum Gasteiger partial charge on any atom is -0.338 e. The van der Waals surface area contributed by atoms with E-state index < -0.39 is 0 Å². The van der Waals surface area contributed by atoms with E-state index in [9.17, 15) is 4.79 Å². The van der Waals surface area contributed by atoms with Gasteiger partial charge in [-0.1, -0.05) is 0 Å². The lowest BCUT2D eigenvalue weighted by Crippen LogP contribution is -2.28. The van der Waals surface area contributed by atoms with Gasteiger partial charge in [-0.2, -0.15) is 10.2 Å². The first kappa shape index (κ1) is 12.0. The standard InChI is InChI=1S/C13H17N5O/c1-9-5-14-16-12(9)10-3-4-18(8-10)13(19)11-6-15-17(2)7-11/h5-7,10H,3-4,8H2,1-2H3,(H,14,16). The summed E-state index contributed by atoms with van der Waals surface area (Å²) in [4.78, 5) is 14.2. The SMILES string of the molecule is Cc1cn[nH]c1C1CCN(C(=O)c2cnn(C)c2)C1. The Bertz CT molecular complexity index is 600. The van der Waals surface area contributed by atoms with Crippen molar-refractivity contribution < 1.29 is 4.79 Å². The number of likely N-dealkylation sites (tertiary alicyclic amines) is 1. The maximum atomic E-state index is 12.3. The Morgan fingerprint density at radius 3 is 2.95 bits per heavy atom. The minimum absolute atomic E-state index is 0.0627. The molecular weight excluding hydrogens is 242 g/mol. The Balaban J connectivity index is 1.72. The Morgan fingerprint density at radius 2 is 2.32 bits per heavy atom. The molecule has 1 saturated heterocycles. The highest BCUT2D eigenvalue weighted by Crippen LogP contribution is 2.28. The zero-order valence-electron chi connectivity index (χ0n) is 11.1. The van der Waals surface area contributed by atoms with Gasteiger partial charge >= 0.3 is 0 Å². The van der Waals surface area contributed by atoms with Crippen LogP contribution >= 0.6 is 0 Å². The molecule has 1 aliphatic rings. The van der Waals surface area contributed by atoms with E-state index in [2.05, 4.69) is 15.3 Å². The van der Waals surface area contributed by atoms with Crippen molar-refractivity contribution in [3.05, 3.63) is 35.4 Å². The van der Waals surface area contributed by atoms with Gasteiger partial charge < -0.3 is 4.90 Å².